The van der Waals surface area contributed by atoms with Gasteiger partial charge in [-0.3, -0.25) is 4.79 Å². The summed E-state index contributed by atoms with van der Waals surface area (Å²) in [5, 5.41) is 13.4. The lowest BCUT2D eigenvalue weighted by molar-refractivity contribution is -0.115. The molecule has 0 aliphatic heterocycles. The Morgan fingerprint density at radius 3 is 2.80 bits per heavy atom. The molecule has 1 unspecified atom stereocenters. The zero-order valence-electron chi connectivity index (χ0n) is 17.5. The van der Waals surface area contributed by atoms with Crippen LogP contribution in [0.2, 0.25) is 5.02 Å². The molecule has 0 saturated heterocycles. The van der Waals surface area contributed by atoms with Crippen LogP contribution in [0.15, 0.2) is 23.2 Å². The number of nitriles is 1. The van der Waals surface area contributed by atoms with Crippen molar-refractivity contribution in [1.82, 2.24) is 4.98 Å². The van der Waals surface area contributed by atoms with Crippen molar-refractivity contribution in [1.29, 1.82) is 5.26 Å². The number of carbonyl (C=O) groups excluding carboxylic acids is 1. The maximum atomic E-state index is 13.0. The molecule has 1 N–H and O–H groups in total. The third-order valence-corrected chi connectivity index (χ3v) is 7.07. The molecule has 0 fully saturated rings. The first kappa shape index (κ1) is 22.5. The van der Waals surface area contributed by atoms with E-state index in [-0.39, 0.29) is 11.2 Å². The minimum absolute atomic E-state index is 0.150. The van der Waals surface area contributed by atoms with E-state index >= 15 is 0 Å². The van der Waals surface area contributed by atoms with Crippen molar-refractivity contribution < 1.29 is 9.53 Å². The lowest BCUT2D eigenvalue weighted by atomic mass is 10.1. The summed E-state index contributed by atoms with van der Waals surface area (Å²) in [4.78, 5) is 17.8. The summed E-state index contributed by atoms with van der Waals surface area (Å²) in [6.07, 6.45) is 5.93. The molecule has 0 spiro atoms. The molecule has 0 bridgehead atoms. The molecule has 5 nitrogen and oxygen atoms in total. The minimum Gasteiger partial charge on any atom is -0.495 e. The number of hydrogen-bond donors (Lipinski definition) is 1. The number of aryl methyl sites for hydroxylation is 3. The Hall–Kier alpha value is -2.23. The number of nitrogens with one attached hydrogen (secondary N) is 1. The molecule has 1 aromatic carbocycles. The highest BCUT2D eigenvalue weighted by Gasteiger charge is 2.23. The quantitative estimate of drug-likeness (QED) is 0.457. The number of hydrogen-bond acceptors (Lipinski definition) is 5. The van der Waals surface area contributed by atoms with Gasteiger partial charge in [0.2, 0.25) is 5.91 Å². The third kappa shape index (κ3) is 5.08. The topological polar surface area (TPSA) is 75.0 Å². The van der Waals surface area contributed by atoms with Gasteiger partial charge in [0.15, 0.2) is 0 Å². The smallest absolute Gasteiger partial charge is 0.238 e. The molecular weight excluding hydrogens is 418 g/mol. The van der Waals surface area contributed by atoms with Crippen molar-refractivity contribution in [3.05, 3.63) is 45.6 Å². The van der Waals surface area contributed by atoms with Crippen LogP contribution in [0, 0.1) is 18.3 Å². The SMILES string of the molecule is CCC(Sc1nc2c(cc1C#N)CCCCC2)C(=O)Nc1cc(C)c(Cl)cc1OC. The van der Waals surface area contributed by atoms with Gasteiger partial charge >= 0.3 is 0 Å². The van der Waals surface area contributed by atoms with E-state index < -0.39 is 0 Å². The fraction of sp³-hybridized carbons (Fsp3) is 0.435. The molecule has 0 radical (unpaired) electrons. The van der Waals surface area contributed by atoms with Crippen molar-refractivity contribution in [2.24, 2.45) is 0 Å². The number of thioether (sulfide) groups is 1. The molecule has 158 valence electrons. The van der Waals surface area contributed by atoms with Gasteiger partial charge in [0.05, 0.1) is 23.6 Å². The van der Waals surface area contributed by atoms with Crippen molar-refractivity contribution >= 4 is 35.0 Å². The molecule has 1 aromatic heterocycles. The van der Waals surface area contributed by atoms with Gasteiger partial charge in [0, 0.05) is 16.8 Å². The summed E-state index contributed by atoms with van der Waals surface area (Å²) in [5.74, 6) is 0.364. The van der Waals surface area contributed by atoms with Crippen LogP contribution in [0.1, 0.15) is 55.0 Å². The number of pyridine rings is 1. The first-order valence-electron chi connectivity index (χ1n) is 10.2. The van der Waals surface area contributed by atoms with Gasteiger partial charge in [-0.1, -0.05) is 36.7 Å². The van der Waals surface area contributed by atoms with E-state index in [0.717, 1.165) is 36.9 Å². The zero-order valence-corrected chi connectivity index (χ0v) is 19.1. The van der Waals surface area contributed by atoms with E-state index in [1.807, 2.05) is 19.9 Å². The number of benzene rings is 1. The lowest BCUT2D eigenvalue weighted by Gasteiger charge is -2.18. The van der Waals surface area contributed by atoms with Crippen LogP contribution in [0.3, 0.4) is 0 Å². The van der Waals surface area contributed by atoms with Crippen LogP contribution in [0.5, 0.6) is 5.75 Å². The predicted molar refractivity (Wildman–Crippen MR) is 122 cm³/mol. The molecule has 1 aliphatic rings. The van der Waals surface area contributed by atoms with Crippen molar-refractivity contribution in [2.45, 2.75) is 62.6 Å². The second-order valence-corrected chi connectivity index (χ2v) is 9.02. The lowest BCUT2D eigenvalue weighted by Crippen LogP contribution is -2.25. The van der Waals surface area contributed by atoms with Gasteiger partial charge in [-0.25, -0.2) is 4.98 Å². The number of halogens is 1. The maximum absolute atomic E-state index is 13.0. The number of methoxy groups -OCH3 is 1. The molecular formula is C23H26ClN3O2S. The third-order valence-electron chi connectivity index (χ3n) is 5.29. The molecule has 3 rings (SSSR count). The maximum Gasteiger partial charge on any atom is 0.238 e. The van der Waals surface area contributed by atoms with Gasteiger partial charge in [-0.15, -0.1) is 0 Å². The monoisotopic (exact) mass is 443 g/mol. The molecule has 1 aliphatic carbocycles. The summed E-state index contributed by atoms with van der Waals surface area (Å²) < 4.78 is 5.36. The standard InChI is InChI=1S/C23H26ClN3O2S/c1-4-21(22(28)26-19-10-14(2)17(24)12-20(19)29-3)30-23-16(13-25)11-15-8-6-5-7-9-18(15)27-23/h10-12,21H,4-9H2,1-3H3,(H,26,28). The first-order valence-corrected chi connectivity index (χ1v) is 11.5. The number of amides is 1. The van der Waals surface area contributed by atoms with E-state index in [4.69, 9.17) is 21.3 Å². The van der Waals surface area contributed by atoms with E-state index in [1.165, 1.54) is 23.7 Å². The van der Waals surface area contributed by atoms with Crippen LogP contribution in [-0.4, -0.2) is 23.3 Å². The Labute approximate surface area is 187 Å². The van der Waals surface area contributed by atoms with E-state index in [2.05, 4.69) is 11.4 Å². The van der Waals surface area contributed by atoms with Gasteiger partial charge < -0.3 is 10.1 Å². The number of rotatable bonds is 6. The highest BCUT2D eigenvalue weighted by atomic mass is 35.5. The highest BCUT2D eigenvalue weighted by molar-refractivity contribution is 8.00. The van der Waals surface area contributed by atoms with E-state index in [0.29, 0.717) is 33.5 Å². The zero-order chi connectivity index (χ0) is 21.7. The molecule has 2 aromatic rings. The van der Waals surface area contributed by atoms with Crippen LogP contribution < -0.4 is 10.1 Å². The summed E-state index contributed by atoms with van der Waals surface area (Å²) >= 11 is 7.52. The number of carbonyl (C=O) groups is 1. The fourth-order valence-corrected chi connectivity index (χ4v) is 4.71. The van der Waals surface area contributed by atoms with Gasteiger partial charge in [0.1, 0.15) is 16.8 Å². The van der Waals surface area contributed by atoms with E-state index in [9.17, 15) is 10.1 Å². The number of fused-ring (bicyclic) bond motifs is 1. The van der Waals surface area contributed by atoms with Crippen LogP contribution >= 0.6 is 23.4 Å². The summed E-state index contributed by atoms with van der Waals surface area (Å²) in [6, 6.07) is 7.73. The van der Waals surface area contributed by atoms with Crippen molar-refractivity contribution in [2.75, 3.05) is 12.4 Å². The fourth-order valence-electron chi connectivity index (χ4n) is 3.56. The summed E-state index contributed by atoms with van der Waals surface area (Å²) in [6.45, 7) is 3.83. The Morgan fingerprint density at radius 1 is 1.33 bits per heavy atom. The minimum atomic E-state index is -0.380. The summed E-state index contributed by atoms with van der Waals surface area (Å²) in [7, 11) is 1.54. The molecule has 1 heterocycles. The van der Waals surface area contributed by atoms with E-state index in [1.54, 1.807) is 19.2 Å². The van der Waals surface area contributed by atoms with Gasteiger partial charge in [-0.05, 0) is 62.3 Å². The summed E-state index contributed by atoms with van der Waals surface area (Å²) in [5.41, 5.74) is 4.23. The van der Waals surface area contributed by atoms with Crippen LogP contribution in [0.4, 0.5) is 5.69 Å². The number of anilines is 1. The van der Waals surface area contributed by atoms with Gasteiger partial charge in [0.25, 0.3) is 0 Å². The van der Waals surface area contributed by atoms with Crippen LogP contribution in [0.25, 0.3) is 0 Å². The normalized spacial score (nSPS) is 14.2. The number of aromatic nitrogens is 1. The Bertz CT molecular complexity index is 987. The van der Waals surface area contributed by atoms with Gasteiger partial charge in [-0.2, -0.15) is 5.26 Å². The molecule has 30 heavy (non-hydrogen) atoms. The second kappa shape index (κ2) is 10.2. The predicted octanol–water partition coefficient (Wildman–Crippen LogP) is 5.70. The highest BCUT2D eigenvalue weighted by Crippen LogP contribution is 2.34. The Kier molecular flexibility index (Phi) is 7.63. The molecule has 1 atom stereocenters. The Morgan fingerprint density at radius 2 is 2.10 bits per heavy atom. The second-order valence-electron chi connectivity index (χ2n) is 7.43. The van der Waals surface area contributed by atoms with Crippen molar-refractivity contribution in [3.8, 4) is 11.8 Å². The molecule has 0 saturated carbocycles. The average Bonchev–Trinajstić information content (AvgIpc) is 2.98. The van der Waals surface area contributed by atoms with Crippen molar-refractivity contribution in [3.63, 3.8) is 0 Å². The molecule has 1 amide bonds. The number of nitrogens with zero attached hydrogens (tertiary/aromatic N) is 2. The Balaban J connectivity index is 1.83. The van der Waals surface area contributed by atoms with Crippen LogP contribution in [-0.2, 0) is 17.6 Å². The average molecular weight is 444 g/mol. The molecule has 7 heteroatoms. The number of ether oxygens (including phenoxy) is 1. The largest absolute Gasteiger partial charge is 0.495 e. The first-order chi connectivity index (χ1) is 14.5.